The third kappa shape index (κ3) is 4.84. The number of hydrogen-bond acceptors (Lipinski definition) is 3. The van der Waals surface area contributed by atoms with Crippen LogP contribution >= 0.6 is 0 Å². The molecule has 0 aliphatic carbocycles. The van der Waals surface area contributed by atoms with Gasteiger partial charge in [-0.1, -0.05) is 44.2 Å². The van der Waals surface area contributed by atoms with Gasteiger partial charge in [0.2, 0.25) is 5.91 Å². The number of aromatic nitrogens is 2. The Morgan fingerprint density at radius 1 is 0.971 bits per heavy atom. The first-order valence-electron chi connectivity index (χ1n) is 13.2. The van der Waals surface area contributed by atoms with Gasteiger partial charge in [0, 0.05) is 32.4 Å². The summed E-state index contributed by atoms with van der Waals surface area (Å²) in [7, 11) is 0. The molecule has 3 aromatic rings. The number of likely N-dealkylation sites (tertiary alicyclic amines) is 2. The molecule has 4 heterocycles. The van der Waals surface area contributed by atoms with Gasteiger partial charge in [-0.3, -0.25) is 9.59 Å². The molecule has 2 saturated heterocycles. The van der Waals surface area contributed by atoms with Gasteiger partial charge in [-0.05, 0) is 67.2 Å². The summed E-state index contributed by atoms with van der Waals surface area (Å²) in [6.45, 7) is 7.54. The van der Waals surface area contributed by atoms with Gasteiger partial charge in [0.25, 0.3) is 5.91 Å². The van der Waals surface area contributed by atoms with Gasteiger partial charge in [0.15, 0.2) is 0 Å². The predicted molar refractivity (Wildman–Crippen MR) is 138 cm³/mol. The molecule has 0 bridgehead atoms. The van der Waals surface area contributed by atoms with Crippen molar-refractivity contribution in [1.82, 2.24) is 19.4 Å². The first-order chi connectivity index (χ1) is 17.0. The van der Waals surface area contributed by atoms with Crippen molar-refractivity contribution in [2.24, 2.45) is 5.92 Å². The minimum atomic E-state index is -0.0674. The number of fused-ring (bicyclic) bond motifs is 1. The Hall–Kier alpha value is -3.15. The normalized spacial score (nSPS) is 18.7. The second-order valence-electron chi connectivity index (χ2n) is 10.3. The molecule has 0 spiro atoms. The van der Waals surface area contributed by atoms with Crippen LogP contribution in [0.15, 0.2) is 54.9 Å². The van der Waals surface area contributed by atoms with Gasteiger partial charge in [0.05, 0.1) is 23.2 Å². The highest BCUT2D eigenvalue weighted by atomic mass is 16.2. The maximum absolute atomic E-state index is 13.3. The van der Waals surface area contributed by atoms with Gasteiger partial charge >= 0.3 is 0 Å². The molecule has 0 saturated carbocycles. The van der Waals surface area contributed by atoms with E-state index in [1.165, 1.54) is 5.56 Å². The number of hydrogen-bond donors (Lipinski definition) is 0. The number of piperidine rings is 2. The van der Waals surface area contributed by atoms with E-state index in [0.717, 1.165) is 69.4 Å². The van der Waals surface area contributed by atoms with Crippen molar-refractivity contribution in [2.75, 3.05) is 26.2 Å². The first kappa shape index (κ1) is 23.6. The topological polar surface area (TPSA) is 57.9 Å². The summed E-state index contributed by atoms with van der Waals surface area (Å²) >= 11 is 0. The van der Waals surface area contributed by atoms with E-state index in [4.69, 9.17) is 0 Å². The molecule has 6 heteroatoms. The molecule has 2 amide bonds. The summed E-state index contributed by atoms with van der Waals surface area (Å²) in [6.07, 6.45) is 8.51. The van der Waals surface area contributed by atoms with Crippen molar-refractivity contribution in [3.8, 4) is 0 Å². The molecule has 1 unspecified atom stereocenters. The second kappa shape index (κ2) is 10.2. The fourth-order valence-corrected chi connectivity index (χ4v) is 5.69. The van der Waals surface area contributed by atoms with E-state index in [1.54, 1.807) is 6.20 Å². The van der Waals surface area contributed by atoms with Crippen LogP contribution in [-0.4, -0.2) is 57.4 Å². The highest BCUT2D eigenvalue weighted by Gasteiger charge is 2.29. The Kier molecular flexibility index (Phi) is 6.89. The Labute approximate surface area is 207 Å². The van der Waals surface area contributed by atoms with Crippen LogP contribution in [0.1, 0.15) is 79.3 Å². The van der Waals surface area contributed by atoms with Gasteiger partial charge < -0.3 is 9.80 Å². The molecule has 184 valence electrons. The Morgan fingerprint density at radius 3 is 2.34 bits per heavy atom. The van der Waals surface area contributed by atoms with Crippen molar-refractivity contribution in [3.05, 3.63) is 71.5 Å². The molecular weight excluding hydrogens is 436 g/mol. The largest absolute Gasteiger partial charge is 0.342 e. The standard InChI is InChI=1S/C29H36N4O2/c1-3-25(23-7-5-4-6-8-23)28(34)32-16-11-22(12-17-32)24-13-18-33-27(19-24)26(20-30-33)29(35)31-14-9-21(2)10-15-31/h4-8,13,18-22,25H,3,9-12,14-17H2,1-2H3. The van der Waals surface area contributed by atoms with Crippen LogP contribution in [0.5, 0.6) is 0 Å². The van der Waals surface area contributed by atoms with E-state index in [1.807, 2.05) is 38.7 Å². The first-order valence-corrected chi connectivity index (χ1v) is 13.2. The third-order valence-electron chi connectivity index (χ3n) is 8.03. The highest BCUT2D eigenvalue weighted by Crippen LogP contribution is 2.32. The minimum Gasteiger partial charge on any atom is -0.342 e. The van der Waals surface area contributed by atoms with E-state index < -0.39 is 0 Å². The van der Waals surface area contributed by atoms with Crippen LogP contribution < -0.4 is 0 Å². The monoisotopic (exact) mass is 472 g/mol. The van der Waals surface area contributed by atoms with Crippen LogP contribution in [0.3, 0.4) is 0 Å². The molecule has 5 rings (SSSR count). The summed E-state index contributed by atoms with van der Waals surface area (Å²) in [5.41, 5.74) is 3.93. The number of rotatable bonds is 5. The molecule has 6 nitrogen and oxygen atoms in total. The zero-order chi connectivity index (χ0) is 24.4. The Morgan fingerprint density at radius 2 is 1.66 bits per heavy atom. The third-order valence-corrected chi connectivity index (χ3v) is 8.03. The van der Waals surface area contributed by atoms with Crippen LogP contribution in [0.4, 0.5) is 0 Å². The summed E-state index contributed by atoms with van der Waals surface area (Å²) in [5.74, 6) is 1.34. The van der Waals surface area contributed by atoms with E-state index >= 15 is 0 Å². The maximum Gasteiger partial charge on any atom is 0.257 e. The number of benzene rings is 1. The molecule has 2 aliphatic heterocycles. The summed E-state index contributed by atoms with van der Waals surface area (Å²) in [5, 5.41) is 4.44. The smallest absolute Gasteiger partial charge is 0.257 e. The average Bonchev–Trinajstić information content (AvgIpc) is 3.33. The van der Waals surface area contributed by atoms with Crippen molar-refractivity contribution >= 4 is 17.3 Å². The zero-order valence-electron chi connectivity index (χ0n) is 20.9. The quantitative estimate of drug-likeness (QED) is 0.519. The molecule has 35 heavy (non-hydrogen) atoms. The lowest BCUT2D eigenvalue weighted by Gasteiger charge is -2.34. The molecule has 2 aromatic heterocycles. The van der Waals surface area contributed by atoms with Gasteiger partial charge in [-0.25, -0.2) is 4.52 Å². The number of carbonyl (C=O) groups is 2. The maximum atomic E-state index is 13.3. The fraction of sp³-hybridized carbons (Fsp3) is 0.483. The minimum absolute atomic E-state index is 0.0674. The Balaban J connectivity index is 1.27. The van der Waals surface area contributed by atoms with Crippen molar-refractivity contribution in [1.29, 1.82) is 0 Å². The highest BCUT2D eigenvalue weighted by molar-refractivity contribution is 6.00. The van der Waals surface area contributed by atoms with Crippen molar-refractivity contribution in [3.63, 3.8) is 0 Å². The van der Waals surface area contributed by atoms with E-state index in [2.05, 4.69) is 43.2 Å². The lowest BCUT2D eigenvalue weighted by molar-refractivity contribution is -0.134. The van der Waals surface area contributed by atoms with Crippen molar-refractivity contribution in [2.45, 2.75) is 57.8 Å². The average molecular weight is 473 g/mol. The number of pyridine rings is 1. The number of carbonyl (C=O) groups excluding carboxylic acids is 2. The van der Waals surface area contributed by atoms with Crippen LogP contribution in [0.25, 0.3) is 5.52 Å². The summed E-state index contributed by atoms with van der Waals surface area (Å²) in [6, 6.07) is 14.4. The molecule has 2 fully saturated rings. The van der Waals surface area contributed by atoms with Crippen LogP contribution in [0.2, 0.25) is 0 Å². The lowest BCUT2D eigenvalue weighted by atomic mass is 9.88. The Bertz CT molecular complexity index is 1170. The molecule has 0 N–H and O–H groups in total. The SMILES string of the molecule is CCC(C(=O)N1CCC(c2ccn3ncc(C(=O)N4CCC(C)CC4)c3c2)CC1)c1ccccc1. The summed E-state index contributed by atoms with van der Waals surface area (Å²) < 4.78 is 1.81. The predicted octanol–water partition coefficient (Wildman–Crippen LogP) is 5.11. The van der Waals surface area contributed by atoms with E-state index in [-0.39, 0.29) is 17.7 Å². The van der Waals surface area contributed by atoms with E-state index in [0.29, 0.717) is 17.4 Å². The second-order valence-corrected chi connectivity index (χ2v) is 10.3. The number of amides is 2. The molecule has 1 atom stereocenters. The van der Waals surface area contributed by atoms with E-state index in [9.17, 15) is 9.59 Å². The van der Waals surface area contributed by atoms with Crippen molar-refractivity contribution < 1.29 is 9.59 Å². The molecule has 1 aromatic carbocycles. The van der Waals surface area contributed by atoms with Crippen LogP contribution in [-0.2, 0) is 4.79 Å². The van der Waals surface area contributed by atoms with Crippen LogP contribution in [0, 0.1) is 5.92 Å². The molecule has 0 radical (unpaired) electrons. The van der Waals surface area contributed by atoms with Gasteiger partial charge in [-0.2, -0.15) is 5.10 Å². The van der Waals surface area contributed by atoms with Gasteiger partial charge in [0.1, 0.15) is 0 Å². The van der Waals surface area contributed by atoms with Gasteiger partial charge in [-0.15, -0.1) is 0 Å². The number of nitrogens with zero attached hydrogens (tertiary/aromatic N) is 4. The summed E-state index contributed by atoms with van der Waals surface area (Å²) in [4.78, 5) is 30.5. The molecule has 2 aliphatic rings. The zero-order valence-corrected chi connectivity index (χ0v) is 20.9. The fourth-order valence-electron chi connectivity index (χ4n) is 5.69. The molecular formula is C29H36N4O2. The lowest BCUT2D eigenvalue weighted by Crippen LogP contribution is -2.40.